The number of carbonyl (C=O) groups is 1. The van der Waals surface area contributed by atoms with Crippen molar-refractivity contribution in [1.82, 2.24) is 0 Å². The van der Waals surface area contributed by atoms with Gasteiger partial charge in [-0.15, -0.1) is 0 Å². The zero-order valence-electron chi connectivity index (χ0n) is 14.5. The van der Waals surface area contributed by atoms with E-state index >= 15 is 0 Å². The highest BCUT2D eigenvalue weighted by atomic mass is 19.4. The van der Waals surface area contributed by atoms with E-state index in [9.17, 15) is 75.0 Å². The minimum atomic E-state index is -7.26. The first-order valence-corrected chi connectivity index (χ1v) is 7.48. The second-order valence-corrected chi connectivity index (χ2v) is 5.91. The molecule has 0 radical (unpaired) electrons. The summed E-state index contributed by atoms with van der Waals surface area (Å²) in [5, 5.41) is 0. The Hall–Kier alpha value is -3.01. The van der Waals surface area contributed by atoms with Crippen molar-refractivity contribution < 1.29 is 75.0 Å². The molecular weight excluding hydrogens is 512 g/mol. The number of carbonyl (C=O) groups excluding carboxylic acids is 1. The van der Waals surface area contributed by atoms with Gasteiger partial charge in [0.1, 0.15) is 5.56 Å². The number of benzene rings is 1. The molecule has 0 bridgehead atoms. The van der Waals surface area contributed by atoms with E-state index in [0.717, 1.165) is 0 Å². The van der Waals surface area contributed by atoms with Gasteiger partial charge < -0.3 is 0 Å². The third-order valence-electron chi connectivity index (χ3n) is 3.94. The number of allylic oxidation sites excluding steroid dienone is 6. The highest BCUT2D eigenvalue weighted by molar-refractivity contribution is 6.09. The Kier molecular flexibility index (Phi) is 6.20. The van der Waals surface area contributed by atoms with Crippen molar-refractivity contribution in [2.45, 2.75) is 18.3 Å². The molecule has 0 saturated heterocycles. The van der Waals surface area contributed by atoms with Crippen LogP contribution in [-0.4, -0.2) is 17.9 Å². The van der Waals surface area contributed by atoms with Crippen LogP contribution in [0.15, 0.2) is 28.9 Å². The molecule has 0 spiro atoms. The van der Waals surface area contributed by atoms with Gasteiger partial charge in [-0.3, -0.25) is 4.79 Å². The summed E-state index contributed by atoms with van der Waals surface area (Å²) in [7, 11) is 0. The molecule has 1 aliphatic rings. The van der Waals surface area contributed by atoms with Crippen LogP contribution in [0.3, 0.4) is 0 Å². The lowest BCUT2D eigenvalue weighted by Gasteiger charge is -2.28. The van der Waals surface area contributed by atoms with Crippen molar-refractivity contribution in [3.8, 4) is 0 Å². The Morgan fingerprint density at radius 2 is 0.939 bits per heavy atom. The van der Waals surface area contributed by atoms with Crippen LogP contribution in [0.1, 0.15) is 11.1 Å². The van der Waals surface area contributed by atoms with E-state index in [2.05, 4.69) is 0 Å². The molecule has 0 N–H and O–H groups in total. The van der Waals surface area contributed by atoms with Crippen molar-refractivity contribution >= 4 is 11.4 Å². The average molecular weight is 512 g/mol. The van der Waals surface area contributed by atoms with Gasteiger partial charge in [0, 0.05) is 5.56 Å². The second-order valence-electron chi connectivity index (χ2n) is 5.91. The Balaban J connectivity index is 3.39. The minimum absolute atomic E-state index is 2.95. The third-order valence-corrected chi connectivity index (χ3v) is 3.94. The Morgan fingerprint density at radius 1 is 0.545 bits per heavy atom. The predicted octanol–water partition coefficient (Wildman–Crippen LogP) is 7.10. The van der Waals surface area contributed by atoms with Gasteiger partial charge in [0.25, 0.3) is 5.78 Å². The Bertz CT molecular complexity index is 1110. The first-order valence-electron chi connectivity index (χ1n) is 7.48. The maximum absolute atomic E-state index is 14.1. The van der Waals surface area contributed by atoms with E-state index < -0.39 is 92.9 Å². The maximum Gasteiger partial charge on any atom is 0.458 e. The van der Waals surface area contributed by atoms with Gasteiger partial charge in [-0.2, -0.15) is 43.9 Å². The fourth-order valence-corrected chi connectivity index (χ4v) is 2.54. The van der Waals surface area contributed by atoms with Crippen LogP contribution < -0.4 is 0 Å². The molecule has 17 heteroatoms. The smallest absolute Gasteiger partial charge is 0.283 e. The monoisotopic (exact) mass is 512 g/mol. The normalized spacial score (nSPS) is 16.2. The fraction of sp³-hybridized carbons (Fsp3) is 0.188. The van der Waals surface area contributed by atoms with Gasteiger partial charge in [0.05, 0.1) is 11.1 Å². The Labute approximate surface area is 169 Å². The number of alkyl halides is 8. The van der Waals surface area contributed by atoms with E-state index in [-0.39, 0.29) is 0 Å². The van der Waals surface area contributed by atoms with Crippen molar-refractivity contribution in [1.29, 1.82) is 0 Å². The van der Waals surface area contributed by atoms with Crippen molar-refractivity contribution in [3.63, 3.8) is 0 Å². The maximum atomic E-state index is 14.1. The SMILES string of the molecule is O=C1C(F)=C(F)C(=C(c2c(F)c(F)c(F)c(F)c2C(F)(F)F)C(F)(F)C(F)(F)F)C(F)=C1F. The highest BCUT2D eigenvalue weighted by Gasteiger charge is 2.64. The van der Waals surface area contributed by atoms with Gasteiger partial charge in [0.2, 0.25) is 11.7 Å². The zero-order chi connectivity index (χ0) is 26.0. The van der Waals surface area contributed by atoms with Gasteiger partial charge >= 0.3 is 18.3 Å². The summed E-state index contributed by atoms with van der Waals surface area (Å²) in [5.41, 5.74) is -15.0. The molecule has 182 valence electrons. The molecule has 0 atom stereocenters. The molecule has 0 heterocycles. The van der Waals surface area contributed by atoms with Crippen LogP contribution in [-0.2, 0) is 11.0 Å². The summed E-state index contributed by atoms with van der Waals surface area (Å²) < 4.78 is 216. The van der Waals surface area contributed by atoms with Crippen LogP contribution in [0.2, 0.25) is 0 Å². The molecule has 1 aromatic rings. The number of hydrogen-bond acceptors (Lipinski definition) is 1. The summed E-state index contributed by atoms with van der Waals surface area (Å²) in [6, 6.07) is 0. The van der Waals surface area contributed by atoms with Crippen molar-refractivity contribution in [3.05, 3.63) is 63.3 Å². The number of hydrogen-bond donors (Lipinski definition) is 0. The third kappa shape index (κ3) is 3.86. The first kappa shape index (κ1) is 26.2. The molecule has 0 amide bonds. The van der Waals surface area contributed by atoms with Crippen LogP contribution in [0, 0.1) is 23.3 Å². The zero-order valence-corrected chi connectivity index (χ0v) is 14.5. The summed E-state index contributed by atoms with van der Waals surface area (Å²) in [6.07, 6.45) is -13.9. The van der Waals surface area contributed by atoms with Crippen LogP contribution in [0.5, 0.6) is 0 Å². The fourth-order valence-electron chi connectivity index (χ4n) is 2.54. The van der Waals surface area contributed by atoms with E-state index in [1.807, 2.05) is 0 Å². The van der Waals surface area contributed by atoms with Crippen LogP contribution >= 0.6 is 0 Å². The molecule has 1 aliphatic carbocycles. The number of rotatable bonds is 2. The lowest BCUT2D eigenvalue weighted by molar-refractivity contribution is -0.254. The second kappa shape index (κ2) is 7.79. The van der Waals surface area contributed by atoms with E-state index in [1.54, 1.807) is 0 Å². The molecule has 0 saturated carbocycles. The molecule has 0 fully saturated rings. The molecule has 2 rings (SSSR count). The van der Waals surface area contributed by atoms with E-state index in [4.69, 9.17) is 0 Å². The highest BCUT2D eigenvalue weighted by Crippen LogP contribution is 2.54. The average Bonchev–Trinajstić information content (AvgIpc) is 2.67. The van der Waals surface area contributed by atoms with Crippen molar-refractivity contribution in [2.24, 2.45) is 0 Å². The molecule has 1 nitrogen and oxygen atoms in total. The van der Waals surface area contributed by atoms with Crippen molar-refractivity contribution in [2.75, 3.05) is 0 Å². The summed E-state index contributed by atoms with van der Waals surface area (Å²) in [5.74, 6) is -37.8. The van der Waals surface area contributed by atoms with E-state index in [1.165, 1.54) is 0 Å². The Morgan fingerprint density at radius 3 is 1.30 bits per heavy atom. The summed E-state index contributed by atoms with van der Waals surface area (Å²) in [4.78, 5) is 10.9. The first-order chi connectivity index (χ1) is 14.7. The van der Waals surface area contributed by atoms with Gasteiger partial charge in [-0.1, -0.05) is 0 Å². The predicted molar refractivity (Wildman–Crippen MR) is 72.7 cm³/mol. The minimum Gasteiger partial charge on any atom is -0.283 e. The summed E-state index contributed by atoms with van der Waals surface area (Å²) >= 11 is 0. The quantitative estimate of drug-likeness (QED) is 0.235. The molecule has 0 aliphatic heterocycles. The van der Waals surface area contributed by atoms with Crippen LogP contribution in [0.4, 0.5) is 70.2 Å². The molecule has 0 aromatic heterocycles. The molecule has 0 unspecified atom stereocenters. The number of halogens is 16. The van der Waals surface area contributed by atoms with Gasteiger partial charge in [-0.05, 0) is 0 Å². The van der Waals surface area contributed by atoms with E-state index in [0.29, 0.717) is 0 Å². The topological polar surface area (TPSA) is 17.1 Å². The number of ketones is 1. The standard InChI is InChI=1S/C16F16O/c17-5-1(4(15(27,28)29)8(20)10(22)9(5)21)3(14(25,26)16(30,31)32)2-6(18)11(23)13(33)12(24)7(2)19. The molecule has 33 heavy (non-hydrogen) atoms. The lowest BCUT2D eigenvalue weighted by Crippen LogP contribution is -2.40. The largest absolute Gasteiger partial charge is 0.458 e. The lowest BCUT2D eigenvalue weighted by atomic mass is 9.86. The molecule has 1 aromatic carbocycles. The van der Waals surface area contributed by atoms with Gasteiger partial charge in [-0.25, -0.2) is 26.3 Å². The number of Topliss-reactive ketones (excluding diaryl/α,β-unsaturated/α-hetero) is 1. The van der Waals surface area contributed by atoms with Crippen LogP contribution in [0.25, 0.3) is 5.57 Å². The summed E-state index contributed by atoms with van der Waals surface area (Å²) in [6.45, 7) is 0. The van der Waals surface area contributed by atoms with Gasteiger partial charge in [0.15, 0.2) is 34.9 Å². The molecular formula is C16F16O.